The summed E-state index contributed by atoms with van der Waals surface area (Å²) >= 11 is 0. The number of nitrogens with one attached hydrogen (secondary N) is 1. The Morgan fingerprint density at radius 2 is 2.36 bits per heavy atom. The number of aromatic nitrogens is 2. The van der Waals surface area contributed by atoms with Crippen molar-refractivity contribution in [1.29, 1.82) is 0 Å². The lowest BCUT2D eigenvalue weighted by Crippen LogP contribution is -2.36. The molecule has 1 aromatic heterocycles. The zero-order valence-electron chi connectivity index (χ0n) is 6.83. The van der Waals surface area contributed by atoms with E-state index in [1.807, 2.05) is 20.4 Å². The van der Waals surface area contributed by atoms with Crippen LogP contribution < -0.4 is 10.2 Å². The second-order valence-electron chi connectivity index (χ2n) is 2.91. The van der Waals surface area contributed by atoms with Gasteiger partial charge in [0.2, 0.25) is 0 Å². The summed E-state index contributed by atoms with van der Waals surface area (Å²) < 4.78 is 2.05. The molecule has 0 unspecified atom stereocenters. The van der Waals surface area contributed by atoms with E-state index in [1.54, 1.807) is 0 Å². The highest BCUT2D eigenvalue weighted by Gasteiger charge is 2.16. The lowest BCUT2D eigenvalue weighted by molar-refractivity contribution is 0.613. The highest BCUT2D eigenvalue weighted by Crippen LogP contribution is 2.18. The third-order valence-electron chi connectivity index (χ3n) is 2.04. The number of imidazole rings is 1. The number of hydrogen-bond donors (Lipinski definition) is 1. The van der Waals surface area contributed by atoms with E-state index in [4.69, 9.17) is 0 Å². The first-order valence-electron chi connectivity index (χ1n) is 3.71. The van der Waals surface area contributed by atoms with Gasteiger partial charge in [0.05, 0.1) is 18.7 Å². The average molecular weight is 152 g/mol. The molecule has 1 aliphatic heterocycles. The van der Waals surface area contributed by atoms with Crippen LogP contribution >= 0.6 is 0 Å². The van der Waals surface area contributed by atoms with Crippen molar-refractivity contribution >= 4 is 5.82 Å². The summed E-state index contributed by atoms with van der Waals surface area (Å²) in [6.07, 6.45) is 1.86. The lowest BCUT2D eigenvalue weighted by atomic mass is 10.3. The maximum Gasteiger partial charge on any atom is 0.152 e. The summed E-state index contributed by atoms with van der Waals surface area (Å²) in [7, 11) is 4.06. The molecule has 4 heteroatoms. The van der Waals surface area contributed by atoms with Gasteiger partial charge in [-0.3, -0.25) is 5.32 Å². The topological polar surface area (TPSA) is 33.1 Å². The Bertz CT molecular complexity index is 265. The summed E-state index contributed by atoms with van der Waals surface area (Å²) in [6, 6.07) is 0. The maximum atomic E-state index is 4.29. The van der Waals surface area contributed by atoms with E-state index >= 15 is 0 Å². The zero-order chi connectivity index (χ0) is 7.84. The highest BCUT2D eigenvalue weighted by atomic mass is 15.3. The third-order valence-corrected chi connectivity index (χ3v) is 2.04. The fourth-order valence-corrected chi connectivity index (χ4v) is 1.38. The van der Waals surface area contributed by atoms with Gasteiger partial charge in [-0.1, -0.05) is 0 Å². The van der Waals surface area contributed by atoms with E-state index in [9.17, 15) is 0 Å². The number of aryl methyl sites for hydroxylation is 1. The van der Waals surface area contributed by atoms with Crippen molar-refractivity contribution < 1.29 is 0 Å². The molecule has 4 nitrogen and oxygen atoms in total. The van der Waals surface area contributed by atoms with Gasteiger partial charge in [0.25, 0.3) is 0 Å². The largest absolute Gasteiger partial charge is 0.345 e. The number of rotatable bonds is 0. The second kappa shape index (κ2) is 2.23. The molecule has 0 atom stereocenters. The van der Waals surface area contributed by atoms with E-state index in [0.717, 1.165) is 19.0 Å². The summed E-state index contributed by atoms with van der Waals surface area (Å²) in [5, 5.41) is 3.28. The van der Waals surface area contributed by atoms with Crippen LogP contribution in [0, 0.1) is 0 Å². The molecule has 60 valence electrons. The zero-order valence-corrected chi connectivity index (χ0v) is 6.83. The molecular weight excluding hydrogens is 140 g/mol. The van der Waals surface area contributed by atoms with E-state index in [0.29, 0.717) is 0 Å². The molecule has 0 spiro atoms. The summed E-state index contributed by atoms with van der Waals surface area (Å²) in [5.41, 5.74) is 1.26. The van der Waals surface area contributed by atoms with Crippen molar-refractivity contribution in [3.8, 4) is 0 Å². The fourth-order valence-electron chi connectivity index (χ4n) is 1.38. The number of nitrogens with zero attached hydrogens (tertiary/aromatic N) is 3. The van der Waals surface area contributed by atoms with Gasteiger partial charge >= 0.3 is 0 Å². The molecule has 0 amide bonds. The summed E-state index contributed by atoms with van der Waals surface area (Å²) in [4.78, 5) is 6.40. The van der Waals surface area contributed by atoms with Gasteiger partial charge in [-0.05, 0) is 0 Å². The molecular formula is C7H12N4. The molecule has 1 aromatic rings. The minimum Gasteiger partial charge on any atom is -0.345 e. The molecule has 2 rings (SSSR count). The molecule has 0 saturated heterocycles. The molecule has 0 radical (unpaired) electrons. The summed E-state index contributed by atoms with van der Waals surface area (Å²) in [6.45, 7) is 1.82. The molecule has 0 bridgehead atoms. The summed E-state index contributed by atoms with van der Waals surface area (Å²) in [5.74, 6) is 1.10. The van der Waals surface area contributed by atoms with Crippen molar-refractivity contribution in [1.82, 2.24) is 14.9 Å². The Morgan fingerprint density at radius 1 is 1.55 bits per heavy atom. The predicted octanol–water partition coefficient (Wildman–Crippen LogP) is -0.0830. The molecule has 1 aliphatic rings. The SMILES string of the molecule is CN1CNCc2c1ncn2C. The first-order chi connectivity index (χ1) is 5.29. The van der Waals surface area contributed by atoms with Crippen molar-refractivity contribution in [3.63, 3.8) is 0 Å². The van der Waals surface area contributed by atoms with Crippen LogP contribution in [0.2, 0.25) is 0 Å². The normalized spacial score (nSPS) is 16.7. The first kappa shape index (κ1) is 6.67. The van der Waals surface area contributed by atoms with Crippen LogP contribution in [0.4, 0.5) is 5.82 Å². The Morgan fingerprint density at radius 3 is 3.09 bits per heavy atom. The quantitative estimate of drug-likeness (QED) is 0.564. The van der Waals surface area contributed by atoms with E-state index in [1.165, 1.54) is 5.69 Å². The first-order valence-corrected chi connectivity index (χ1v) is 3.71. The average Bonchev–Trinajstić information content (AvgIpc) is 2.35. The van der Waals surface area contributed by atoms with E-state index < -0.39 is 0 Å². The Hall–Kier alpha value is -1.03. The van der Waals surface area contributed by atoms with Crippen molar-refractivity contribution in [2.24, 2.45) is 7.05 Å². The monoisotopic (exact) mass is 152 g/mol. The van der Waals surface area contributed by atoms with Gasteiger partial charge < -0.3 is 9.47 Å². The predicted molar refractivity (Wildman–Crippen MR) is 43.3 cm³/mol. The lowest BCUT2D eigenvalue weighted by Gasteiger charge is -2.24. The third kappa shape index (κ3) is 0.903. The Balaban J connectivity index is 2.46. The van der Waals surface area contributed by atoms with Crippen LogP contribution in [-0.4, -0.2) is 23.3 Å². The Labute approximate surface area is 65.8 Å². The van der Waals surface area contributed by atoms with Crippen LogP contribution in [0.1, 0.15) is 5.69 Å². The second-order valence-corrected chi connectivity index (χ2v) is 2.91. The van der Waals surface area contributed by atoms with Crippen molar-refractivity contribution in [2.75, 3.05) is 18.6 Å². The molecule has 11 heavy (non-hydrogen) atoms. The van der Waals surface area contributed by atoms with Crippen molar-refractivity contribution in [3.05, 3.63) is 12.0 Å². The van der Waals surface area contributed by atoms with Gasteiger partial charge in [-0.2, -0.15) is 0 Å². The fraction of sp³-hybridized carbons (Fsp3) is 0.571. The van der Waals surface area contributed by atoms with Crippen LogP contribution in [0.5, 0.6) is 0 Å². The molecule has 2 heterocycles. The van der Waals surface area contributed by atoms with Crippen LogP contribution in [0.3, 0.4) is 0 Å². The minimum absolute atomic E-state index is 0.893. The molecule has 1 N–H and O–H groups in total. The van der Waals surface area contributed by atoms with Gasteiger partial charge in [0.15, 0.2) is 5.82 Å². The molecule has 0 aromatic carbocycles. The number of anilines is 1. The Kier molecular flexibility index (Phi) is 1.35. The standard InChI is InChI=1S/C7H12N4/c1-10-5-9-7-6(10)3-8-4-11(7)2/h5,8H,3-4H2,1-2H3. The van der Waals surface area contributed by atoms with Gasteiger partial charge in [0, 0.05) is 20.6 Å². The van der Waals surface area contributed by atoms with Gasteiger partial charge in [0.1, 0.15) is 0 Å². The number of fused-ring (bicyclic) bond motifs is 1. The maximum absolute atomic E-state index is 4.29. The molecule has 0 saturated carbocycles. The van der Waals surface area contributed by atoms with Gasteiger partial charge in [-0.25, -0.2) is 4.98 Å². The van der Waals surface area contributed by atoms with Crippen LogP contribution in [-0.2, 0) is 13.6 Å². The smallest absolute Gasteiger partial charge is 0.152 e. The van der Waals surface area contributed by atoms with Crippen LogP contribution in [0.15, 0.2) is 6.33 Å². The molecule has 0 aliphatic carbocycles. The van der Waals surface area contributed by atoms with Gasteiger partial charge in [-0.15, -0.1) is 0 Å². The van der Waals surface area contributed by atoms with E-state index in [-0.39, 0.29) is 0 Å². The van der Waals surface area contributed by atoms with E-state index in [2.05, 4.69) is 19.8 Å². The van der Waals surface area contributed by atoms with Crippen molar-refractivity contribution in [2.45, 2.75) is 6.54 Å². The number of hydrogen-bond acceptors (Lipinski definition) is 3. The highest BCUT2D eigenvalue weighted by molar-refractivity contribution is 5.44. The minimum atomic E-state index is 0.893. The molecule has 0 fully saturated rings. The van der Waals surface area contributed by atoms with Crippen LogP contribution in [0.25, 0.3) is 0 Å².